The highest BCUT2D eigenvalue weighted by molar-refractivity contribution is 7.12. The maximum Gasteiger partial charge on any atom is 0.220 e. The molecule has 0 saturated carbocycles. The molecule has 0 unspecified atom stereocenters. The third kappa shape index (κ3) is 4.87. The van der Waals surface area contributed by atoms with Gasteiger partial charge in [0.1, 0.15) is 5.82 Å². The Morgan fingerprint density at radius 1 is 0.960 bits per heavy atom. The van der Waals surface area contributed by atoms with Crippen molar-refractivity contribution in [1.29, 1.82) is 0 Å². The van der Waals surface area contributed by atoms with E-state index in [1.807, 2.05) is 47.8 Å². The van der Waals surface area contributed by atoms with Gasteiger partial charge in [0.15, 0.2) is 5.78 Å². The lowest BCUT2D eigenvalue weighted by molar-refractivity contribution is -0.120. The molecule has 0 saturated heterocycles. The summed E-state index contributed by atoms with van der Waals surface area (Å²) in [7, 11) is 0. The Morgan fingerprint density at radius 3 is 2.68 bits per heavy atom. The smallest absolute Gasteiger partial charge is 0.220 e. The van der Waals surface area contributed by atoms with E-state index in [0.29, 0.717) is 18.0 Å². The highest BCUT2D eigenvalue weighted by atomic mass is 32.1. The number of carbonyl (C=O) groups excluding carboxylic acids is 2. The molecule has 3 aromatic rings. The summed E-state index contributed by atoms with van der Waals surface area (Å²) in [5.74, 6) is 0.683. The zero-order valence-corrected chi connectivity index (χ0v) is 14.5. The van der Waals surface area contributed by atoms with Crippen LogP contribution in [0.1, 0.15) is 22.5 Å². The van der Waals surface area contributed by atoms with Crippen LogP contribution in [0, 0.1) is 0 Å². The lowest BCUT2D eigenvalue weighted by atomic mass is 10.2. The molecule has 0 aliphatic heterocycles. The molecule has 0 aliphatic carbocycles. The molecular formula is C19H19N3O2S. The number of pyridine rings is 1. The Morgan fingerprint density at radius 2 is 1.84 bits per heavy atom. The molecule has 2 aromatic heterocycles. The van der Waals surface area contributed by atoms with Gasteiger partial charge in [-0.05, 0) is 29.6 Å². The maximum absolute atomic E-state index is 11.8. The van der Waals surface area contributed by atoms with E-state index in [0.717, 1.165) is 16.7 Å². The molecule has 3 rings (SSSR count). The van der Waals surface area contributed by atoms with Crippen molar-refractivity contribution >= 4 is 39.7 Å². The van der Waals surface area contributed by atoms with Crippen molar-refractivity contribution in [3.8, 4) is 0 Å². The summed E-state index contributed by atoms with van der Waals surface area (Å²) in [6, 6.07) is 15.5. The zero-order valence-electron chi connectivity index (χ0n) is 13.7. The second-order valence-electron chi connectivity index (χ2n) is 5.57. The minimum absolute atomic E-state index is 0.0173. The first kappa shape index (κ1) is 17.1. The molecule has 0 spiro atoms. The van der Waals surface area contributed by atoms with Crippen LogP contribution in [0.2, 0.25) is 0 Å². The Balaban J connectivity index is 1.37. The number of amides is 1. The lowest BCUT2D eigenvalue weighted by Gasteiger charge is -2.08. The summed E-state index contributed by atoms with van der Waals surface area (Å²) in [6.45, 7) is 1.07. The number of para-hydroxylation sites is 1. The average Bonchev–Trinajstić information content (AvgIpc) is 3.18. The number of ketones is 1. The highest BCUT2D eigenvalue weighted by Gasteiger charge is 2.09. The van der Waals surface area contributed by atoms with Gasteiger partial charge in [-0.25, -0.2) is 4.98 Å². The molecule has 0 aliphatic rings. The van der Waals surface area contributed by atoms with E-state index in [1.54, 1.807) is 6.07 Å². The molecule has 0 fully saturated rings. The summed E-state index contributed by atoms with van der Waals surface area (Å²) >= 11 is 1.40. The number of aromatic nitrogens is 1. The van der Waals surface area contributed by atoms with Crippen LogP contribution in [0.4, 0.5) is 5.82 Å². The van der Waals surface area contributed by atoms with Gasteiger partial charge in [-0.2, -0.15) is 0 Å². The van der Waals surface area contributed by atoms with Crippen LogP contribution in [0.5, 0.6) is 0 Å². The first-order chi connectivity index (χ1) is 12.2. The van der Waals surface area contributed by atoms with Gasteiger partial charge in [-0.15, -0.1) is 11.3 Å². The molecule has 25 heavy (non-hydrogen) atoms. The molecule has 128 valence electrons. The third-order valence-electron chi connectivity index (χ3n) is 3.73. The first-order valence-corrected chi connectivity index (χ1v) is 9.03. The molecule has 5 nitrogen and oxygen atoms in total. The van der Waals surface area contributed by atoms with E-state index in [1.165, 1.54) is 11.3 Å². The fourth-order valence-electron chi connectivity index (χ4n) is 2.43. The fraction of sp³-hybridized carbons (Fsp3) is 0.211. The van der Waals surface area contributed by atoms with Crippen LogP contribution in [0.25, 0.3) is 10.9 Å². The molecule has 6 heteroatoms. The van der Waals surface area contributed by atoms with Crippen molar-refractivity contribution in [1.82, 2.24) is 10.3 Å². The van der Waals surface area contributed by atoms with Gasteiger partial charge in [0.05, 0.1) is 10.4 Å². The summed E-state index contributed by atoms with van der Waals surface area (Å²) < 4.78 is 0. The predicted octanol–water partition coefficient (Wildman–Crippen LogP) is 3.49. The summed E-state index contributed by atoms with van der Waals surface area (Å²) in [5, 5.41) is 8.96. The number of benzene rings is 1. The molecule has 0 radical (unpaired) electrons. The predicted molar refractivity (Wildman–Crippen MR) is 101 cm³/mol. The van der Waals surface area contributed by atoms with E-state index in [2.05, 4.69) is 15.6 Å². The minimum Gasteiger partial charge on any atom is -0.368 e. The number of Topliss-reactive ketones (excluding diaryl/α,β-unsaturated/α-hetero) is 1. The number of nitrogens with zero attached hydrogens (tertiary/aromatic N) is 1. The van der Waals surface area contributed by atoms with Crippen molar-refractivity contribution in [2.45, 2.75) is 12.8 Å². The van der Waals surface area contributed by atoms with Crippen LogP contribution in [-0.2, 0) is 4.79 Å². The quantitative estimate of drug-likeness (QED) is 0.480. The van der Waals surface area contributed by atoms with Gasteiger partial charge < -0.3 is 10.6 Å². The van der Waals surface area contributed by atoms with Crippen molar-refractivity contribution in [2.24, 2.45) is 0 Å². The zero-order chi connectivity index (χ0) is 17.5. The summed E-state index contributed by atoms with van der Waals surface area (Å²) in [5.41, 5.74) is 0.934. The molecule has 0 atom stereocenters. The molecule has 2 N–H and O–H groups in total. The fourth-order valence-corrected chi connectivity index (χ4v) is 3.13. The Kier molecular flexibility index (Phi) is 5.74. The normalized spacial score (nSPS) is 10.6. The number of thiophene rings is 1. The van der Waals surface area contributed by atoms with Crippen LogP contribution >= 0.6 is 11.3 Å². The van der Waals surface area contributed by atoms with Crippen molar-refractivity contribution in [3.63, 3.8) is 0 Å². The monoisotopic (exact) mass is 353 g/mol. The number of anilines is 1. The maximum atomic E-state index is 11.8. The number of hydrogen-bond donors (Lipinski definition) is 2. The standard InChI is InChI=1S/C19H19N3O2S/c23-16(17-6-3-13-25-17)8-10-19(24)21-12-11-20-18-9-7-14-4-1-2-5-15(14)22-18/h1-7,9,13H,8,10-12H2,(H,20,22)(H,21,24). The van der Waals surface area contributed by atoms with Crippen molar-refractivity contribution < 1.29 is 9.59 Å². The lowest BCUT2D eigenvalue weighted by Crippen LogP contribution is -2.29. The second kappa shape index (κ2) is 8.39. The van der Waals surface area contributed by atoms with Gasteiger partial charge in [0, 0.05) is 31.3 Å². The Labute approximate surface area is 150 Å². The van der Waals surface area contributed by atoms with Crippen LogP contribution < -0.4 is 10.6 Å². The van der Waals surface area contributed by atoms with Gasteiger partial charge in [0.25, 0.3) is 0 Å². The molecule has 2 heterocycles. The average molecular weight is 353 g/mol. The van der Waals surface area contributed by atoms with Crippen molar-refractivity contribution in [3.05, 3.63) is 58.8 Å². The molecule has 1 aromatic carbocycles. The van der Waals surface area contributed by atoms with E-state index in [-0.39, 0.29) is 24.5 Å². The van der Waals surface area contributed by atoms with E-state index in [9.17, 15) is 9.59 Å². The Hall–Kier alpha value is -2.73. The SMILES string of the molecule is O=C(CCC(=O)c1cccs1)NCCNc1ccc2ccccc2n1. The molecule has 0 bridgehead atoms. The van der Waals surface area contributed by atoms with Gasteiger partial charge in [0.2, 0.25) is 5.91 Å². The van der Waals surface area contributed by atoms with Gasteiger partial charge >= 0.3 is 0 Å². The van der Waals surface area contributed by atoms with E-state index in [4.69, 9.17) is 0 Å². The molecule has 1 amide bonds. The van der Waals surface area contributed by atoms with Crippen molar-refractivity contribution in [2.75, 3.05) is 18.4 Å². The largest absolute Gasteiger partial charge is 0.368 e. The number of rotatable bonds is 8. The van der Waals surface area contributed by atoms with Crippen LogP contribution in [0.3, 0.4) is 0 Å². The van der Waals surface area contributed by atoms with Gasteiger partial charge in [-0.3, -0.25) is 9.59 Å². The number of carbonyl (C=O) groups is 2. The minimum atomic E-state index is -0.113. The number of nitrogens with one attached hydrogen (secondary N) is 2. The highest BCUT2D eigenvalue weighted by Crippen LogP contribution is 2.14. The first-order valence-electron chi connectivity index (χ1n) is 8.15. The van der Waals surface area contributed by atoms with E-state index < -0.39 is 0 Å². The Bertz CT molecular complexity index is 862. The summed E-state index contributed by atoms with van der Waals surface area (Å²) in [4.78, 5) is 28.9. The topological polar surface area (TPSA) is 71.1 Å². The second-order valence-corrected chi connectivity index (χ2v) is 6.51. The van der Waals surface area contributed by atoms with E-state index >= 15 is 0 Å². The van der Waals surface area contributed by atoms with Crippen LogP contribution in [-0.4, -0.2) is 29.8 Å². The number of hydrogen-bond acceptors (Lipinski definition) is 5. The van der Waals surface area contributed by atoms with Gasteiger partial charge in [-0.1, -0.05) is 24.3 Å². The number of fused-ring (bicyclic) bond motifs is 1. The van der Waals surface area contributed by atoms with Crippen LogP contribution in [0.15, 0.2) is 53.9 Å². The third-order valence-corrected chi connectivity index (χ3v) is 4.64. The molecular weight excluding hydrogens is 334 g/mol. The summed E-state index contributed by atoms with van der Waals surface area (Å²) in [6.07, 6.45) is 0.455.